The molecule has 1 amide bonds. The summed E-state index contributed by atoms with van der Waals surface area (Å²) in [5.41, 5.74) is 0.433. The summed E-state index contributed by atoms with van der Waals surface area (Å²) in [7, 11) is -3.60. The number of carbonyl (C=O) groups excluding carboxylic acids is 1. The fraction of sp³-hybridized carbons (Fsp3) is 0.350. The number of amides is 1. The number of sulfonamides is 1. The Hall–Kier alpha value is -1.94. The van der Waals surface area contributed by atoms with Crippen LogP contribution in [0.5, 0.6) is 0 Å². The molecule has 1 saturated heterocycles. The van der Waals surface area contributed by atoms with E-state index in [9.17, 15) is 17.6 Å². The van der Waals surface area contributed by atoms with Crippen LogP contribution in [-0.2, 0) is 14.8 Å². The van der Waals surface area contributed by atoms with Gasteiger partial charge in [0.2, 0.25) is 15.9 Å². The van der Waals surface area contributed by atoms with E-state index >= 15 is 0 Å². The highest BCUT2D eigenvalue weighted by molar-refractivity contribution is 8.00. The Kier molecular flexibility index (Phi) is 7.28. The highest BCUT2D eigenvalue weighted by atomic mass is 32.2. The number of benzene rings is 2. The van der Waals surface area contributed by atoms with Crippen molar-refractivity contribution in [3.8, 4) is 0 Å². The van der Waals surface area contributed by atoms with Crippen LogP contribution in [0.2, 0.25) is 0 Å². The molecule has 0 bridgehead atoms. The predicted octanol–water partition coefficient (Wildman–Crippen LogP) is 2.88. The second-order valence-corrected chi connectivity index (χ2v) is 9.64. The summed E-state index contributed by atoms with van der Waals surface area (Å²) in [4.78, 5) is 15.4. The molecule has 0 saturated carbocycles. The van der Waals surface area contributed by atoms with Crippen molar-refractivity contribution in [3.05, 3.63) is 54.3 Å². The first-order valence-electron chi connectivity index (χ1n) is 9.39. The zero-order valence-electron chi connectivity index (χ0n) is 16.2. The Bertz CT molecular complexity index is 944. The Morgan fingerprint density at radius 3 is 2.45 bits per heavy atom. The van der Waals surface area contributed by atoms with Crippen molar-refractivity contribution in [2.45, 2.75) is 16.7 Å². The van der Waals surface area contributed by atoms with Gasteiger partial charge in [0, 0.05) is 36.8 Å². The number of piperazine rings is 1. The Labute approximate surface area is 175 Å². The third-order valence-corrected chi connectivity index (χ3v) is 7.62. The maximum atomic E-state index is 12.9. The number of hydrogen-bond acceptors (Lipinski definition) is 5. The zero-order valence-corrected chi connectivity index (χ0v) is 17.8. The van der Waals surface area contributed by atoms with E-state index in [0.29, 0.717) is 31.9 Å². The van der Waals surface area contributed by atoms with Crippen molar-refractivity contribution in [3.63, 3.8) is 0 Å². The van der Waals surface area contributed by atoms with E-state index in [1.807, 2.05) is 0 Å². The van der Waals surface area contributed by atoms with Gasteiger partial charge in [-0.05, 0) is 49.0 Å². The molecule has 0 unspecified atom stereocenters. The van der Waals surface area contributed by atoms with E-state index < -0.39 is 10.0 Å². The molecule has 1 heterocycles. The van der Waals surface area contributed by atoms with Crippen molar-refractivity contribution in [1.82, 2.24) is 9.21 Å². The summed E-state index contributed by atoms with van der Waals surface area (Å²) in [5.74, 6) is -0.444. The largest absolute Gasteiger partial charge is 0.325 e. The summed E-state index contributed by atoms with van der Waals surface area (Å²) in [6.45, 7) is 5.32. The number of carbonyl (C=O) groups is 1. The lowest BCUT2D eigenvalue weighted by Gasteiger charge is -2.33. The summed E-state index contributed by atoms with van der Waals surface area (Å²) in [6.07, 6.45) is 0. The third kappa shape index (κ3) is 5.79. The van der Waals surface area contributed by atoms with E-state index in [0.717, 1.165) is 11.4 Å². The number of rotatable bonds is 7. The van der Waals surface area contributed by atoms with Crippen LogP contribution < -0.4 is 5.32 Å². The minimum atomic E-state index is -3.60. The van der Waals surface area contributed by atoms with Gasteiger partial charge in [-0.25, -0.2) is 12.8 Å². The molecular formula is C20H24FN3O3S2. The van der Waals surface area contributed by atoms with Crippen LogP contribution in [0.15, 0.2) is 58.3 Å². The van der Waals surface area contributed by atoms with E-state index in [-0.39, 0.29) is 22.4 Å². The second kappa shape index (κ2) is 9.71. The van der Waals surface area contributed by atoms with Crippen molar-refractivity contribution in [1.29, 1.82) is 0 Å². The van der Waals surface area contributed by atoms with Crippen LogP contribution in [0.25, 0.3) is 0 Å². The molecule has 0 aliphatic carbocycles. The second-order valence-electron chi connectivity index (χ2n) is 6.66. The summed E-state index contributed by atoms with van der Waals surface area (Å²) in [6, 6.07) is 12.2. The first-order chi connectivity index (χ1) is 13.9. The van der Waals surface area contributed by atoms with E-state index in [4.69, 9.17) is 0 Å². The number of anilines is 1. The predicted molar refractivity (Wildman–Crippen MR) is 113 cm³/mol. The van der Waals surface area contributed by atoms with Crippen molar-refractivity contribution in [2.24, 2.45) is 0 Å². The molecular weight excluding hydrogens is 413 g/mol. The minimum Gasteiger partial charge on any atom is -0.325 e. The van der Waals surface area contributed by atoms with Crippen LogP contribution in [0.3, 0.4) is 0 Å². The molecule has 1 fully saturated rings. The monoisotopic (exact) mass is 437 g/mol. The molecule has 2 aromatic rings. The zero-order chi connectivity index (χ0) is 20.9. The van der Waals surface area contributed by atoms with Gasteiger partial charge < -0.3 is 10.2 Å². The lowest BCUT2D eigenvalue weighted by molar-refractivity contribution is -0.113. The number of likely N-dealkylation sites (N-methyl/N-ethyl adjacent to an activating group) is 1. The molecule has 3 rings (SSSR count). The maximum Gasteiger partial charge on any atom is 0.243 e. The average molecular weight is 438 g/mol. The molecule has 1 N–H and O–H groups in total. The van der Waals surface area contributed by atoms with Crippen LogP contribution in [-0.4, -0.2) is 62.0 Å². The Balaban J connectivity index is 1.61. The minimum absolute atomic E-state index is 0.140. The van der Waals surface area contributed by atoms with Gasteiger partial charge in [-0.15, -0.1) is 11.8 Å². The van der Waals surface area contributed by atoms with Crippen molar-refractivity contribution < 1.29 is 17.6 Å². The molecule has 0 aromatic heterocycles. The number of nitrogens with zero attached hydrogens (tertiary/aromatic N) is 2. The molecule has 1 aliphatic rings. The molecule has 0 radical (unpaired) electrons. The Morgan fingerprint density at radius 2 is 1.79 bits per heavy atom. The van der Waals surface area contributed by atoms with Crippen LogP contribution in [0, 0.1) is 5.82 Å². The number of hydrogen-bond donors (Lipinski definition) is 1. The highest BCUT2D eigenvalue weighted by Gasteiger charge is 2.28. The number of halogens is 1. The van der Waals surface area contributed by atoms with Crippen LogP contribution >= 0.6 is 11.8 Å². The van der Waals surface area contributed by atoms with Gasteiger partial charge in [-0.2, -0.15) is 4.31 Å². The fourth-order valence-electron chi connectivity index (χ4n) is 3.05. The van der Waals surface area contributed by atoms with E-state index in [1.54, 1.807) is 30.3 Å². The number of nitrogens with one attached hydrogen (secondary N) is 1. The van der Waals surface area contributed by atoms with Gasteiger partial charge >= 0.3 is 0 Å². The molecule has 0 atom stereocenters. The van der Waals surface area contributed by atoms with E-state index in [2.05, 4.69) is 17.1 Å². The lowest BCUT2D eigenvalue weighted by Crippen LogP contribution is -2.48. The quantitative estimate of drug-likeness (QED) is 0.675. The first-order valence-corrected chi connectivity index (χ1v) is 11.8. The van der Waals surface area contributed by atoms with Crippen molar-refractivity contribution in [2.75, 3.05) is 43.8 Å². The SMILES string of the molecule is CCN1CCN(S(=O)(=O)c2cccc(NC(=O)CSc3ccc(F)cc3)c2)CC1. The van der Waals surface area contributed by atoms with Gasteiger partial charge in [-0.1, -0.05) is 13.0 Å². The summed E-state index contributed by atoms with van der Waals surface area (Å²) < 4.78 is 40.3. The fourth-order valence-corrected chi connectivity index (χ4v) is 5.21. The molecule has 29 heavy (non-hydrogen) atoms. The van der Waals surface area contributed by atoms with E-state index in [1.165, 1.54) is 34.3 Å². The maximum absolute atomic E-state index is 12.9. The molecule has 156 valence electrons. The van der Waals surface area contributed by atoms with Gasteiger partial charge in [0.05, 0.1) is 10.6 Å². The summed E-state index contributed by atoms with van der Waals surface area (Å²) >= 11 is 1.28. The standard InChI is InChI=1S/C20H24FN3O3S2/c1-2-23-10-12-24(13-11-23)29(26,27)19-5-3-4-17(14-19)22-20(25)15-28-18-8-6-16(21)7-9-18/h3-9,14H,2,10-13,15H2,1H3,(H,22,25). The lowest BCUT2D eigenvalue weighted by atomic mass is 10.3. The molecule has 9 heteroatoms. The normalized spacial score (nSPS) is 15.9. The average Bonchev–Trinajstić information content (AvgIpc) is 2.73. The third-order valence-electron chi connectivity index (χ3n) is 4.72. The van der Waals surface area contributed by atoms with Gasteiger partial charge in [0.15, 0.2) is 0 Å². The van der Waals surface area contributed by atoms with Gasteiger partial charge in [0.25, 0.3) is 0 Å². The smallest absolute Gasteiger partial charge is 0.243 e. The molecule has 1 aliphatic heterocycles. The van der Waals surface area contributed by atoms with Crippen molar-refractivity contribution >= 4 is 33.4 Å². The molecule has 0 spiro atoms. The number of thioether (sulfide) groups is 1. The molecule has 6 nitrogen and oxygen atoms in total. The van der Waals surface area contributed by atoms with Crippen LogP contribution in [0.1, 0.15) is 6.92 Å². The Morgan fingerprint density at radius 1 is 1.10 bits per heavy atom. The topological polar surface area (TPSA) is 69.7 Å². The first kappa shape index (κ1) is 21.8. The van der Waals surface area contributed by atoms with Crippen LogP contribution in [0.4, 0.5) is 10.1 Å². The molecule has 2 aromatic carbocycles. The summed E-state index contributed by atoms with van der Waals surface area (Å²) in [5, 5.41) is 2.73. The van der Waals surface area contributed by atoms with Gasteiger partial charge in [0.1, 0.15) is 5.82 Å². The van der Waals surface area contributed by atoms with Gasteiger partial charge in [-0.3, -0.25) is 4.79 Å². The highest BCUT2D eigenvalue weighted by Crippen LogP contribution is 2.22.